The van der Waals surface area contributed by atoms with Crippen molar-refractivity contribution in [1.82, 2.24) is 9.55 Å². The van der Waals surface area contributed by atoms with Crippen LogP contribution in [0.15, 0.2) is 56.9 Å². The molecule has 3 rings (SSSR count). The summed E-state index contributed by atoms with van der Waals surface area (Å²) in [5, 5.41) is 0.620. The number of rotatable bonds is 1. The second kappa shape index (κ2) is 5.30. The van der Waals surface area contributed by atoms with Crippen molar-refractivity contribution < 1.29 is 0 Å². The van der Waals surface area contributed by atoms with Crippen molar-refractivity contribution in [3.8, 4) is 0 Å². The first-order valence-electron chi connectivity index (χ1n) is 5.90. The molecule has 3 aromatic rings. The summed E-state index contributed by atoms with van der Waals surface area (Å²) in [6.07, 6.45) is 1.68. The molecule has 1 aromatic carbocycles. The molecule has 2 aromatic heterocycles. The van der Waals surface area contributed by atoms with E-state index in [9.17, 15) is 4.79 Å². The predicted octanol–water partition coefficient (Wildman–Crippen LogP) is 2.99. The number of nitrogens with zero attached hydrogens (tertiary/aromatic N) is 3. The summed E-state index contributed by atoms with van der Waals surface area (Å²) < 4.78 is 2.55. The highest BCUT2D eigenvalue weighted by molar-refractivity contribution is 9.10. The molecule has 0 aliphatic rings. The van der Waals surface area contributed by atoms with E-state index in [1.165, 1.54) is 11.3 Å². The van der Waals surface area contributed by atoms with Gasteiger partial charge in [0.1, 0.15) is 4.83 Å². The van der Waals surface area contributed by atoms with Gasteiger partial charge in [-0.15, -0.1) is 0 Å². The first-order chi connectivity index (χ1) is 9.65. The van der Waals surface area contributed by atoms with Crippen LogP contribution >= 0.6 is 27.3 Å². The van der Waals surface area contributed by atoms with E-state index in [2.05, 4.69) is 25.9 Å². The van der Waals surface area contributed by atoms with Crippen LogP contribution in [-0.2, 0) is 7.05 Å². The smallest absolute Gasteiger partial charge is 0.262 e. The van der Waals surface area contributed by atoms with Crippen molar-refractivity contribution in [2.24, 2.45) is 12.0 Å². The number of fused-ring (bicyclic) bond motifs is 1. The molecule has 0 bridgehead atoms. The van der Waals surface area contributed by atoms with Gasteiger partial charge in [0, 0.05) is 17.7 Å². The Morgan fingerprint density at radius 1 is 1.25 bits per heavy atom. The third-order valence-corrected chi connectivity index (χ3v) is 4.43. The molecule has 20 heavy (non-hydrogen) atoms. The SMILES string of the molecule is Cn1c(=O)c2cccnc2s/c1=N\c1ccc(Br)cc1. The van der Waals surface area contributed by atoms with Crippen molar-refractivity contribution in [3.05, 3.63) is 62.2 Å². The van der Waals surface area contributed by atoms with Gasteiger partial charge in [0.15, 0.2) is 4.80 Å². The molecule has 0 atom stereocenters. The second-order valence-corrected chi connectivity index (χ2v) is 6.06. The lowest BCUT2D eigenvalue weighted by Crippen LogP contribution is -2.28. The topological polar surface area (TPSA) is 47.2 Å². The summed E-state index contributed by atoms with van der Waals surface area (Å²) in [4.78, 5) is 22.3. The molecule has 6 heteroatoms. The summed E-state index contributed by atoms with van der Waals surface area (Å²) in [7, 11) is 1.73. The standard InChI is InChI=1S/C14H10BrN3OS/c1-18-13(19)11-3-2-8-16-12(11)20-14(18)17-10-6-4-9(15)5-7-10/h2-8H,1H3/b17-14-. The van der Waals surface area contributed by atoms with Gasteiger partial charge >= 0.3 is 0 Å². The van der Waals surface area contributed by atoms with E-state index in [-0.39, 0.29) is 5.56 Å². The van der Waals surface area contributed by atoms with Crippen LogP contribution in [-0.4, -0.2) is 9.55 Å². The molecule has 0 saturated heterocycles. The first-order valence-corrected chi connectivity index (χ1v) is 7.51. The minimum Gasteiger partial charge on any atom is -0.287 e. The molecule has 2 heterocycles. The summed E-state index contributed by atoms with van der Waals surface area (Å²) in [5.41, 5.74) is 0.720. The monoisotopic (exact) mass is 347 g/mol. The lowest BCUT2D eigenvalue weighted by atomic mass is 10.3. The lowest BCUT2D eigenvalue weighted by molar-refractivity contribution is 0.832. The highest BCUT2D eigenvalue weighted by Crippen LogP contribution is 2.16. The van der Waals surface area contributed by atoms with Crippen molar-refractivity contribution in [3.63, 3.8) is 0 Å². The Bertz CT molecular complexity index is 897. The Hall–Kier alpha value is -1.79. The van der Waals surface area contributed by atoms with Crippen LogP contribution in [0.4, 0.5) is 5.69 Å². The maximum absolute atomic E-state index is 12.3. The predicted molar refractivity (Wildman–Crippen MR) is 84.2 cm³/mol. The van der Waals surface area contributed by atoms with Gasteiger partial charge in [-0.1, -0.05) is 27.3 Å². The van der Waals surface area contributed by atoms with Gasteiger partial charge in [0.05, 0.1) is 11.1 Å². The molecule has 0 fully saturated rings. The minimum absolute atomic E-state index is 0.0808. The highest BCUT2D eigenvalue weighted by atomic mass is 79.9. The molecule has 0 radical (unpaired) electrons. The summed E-state index contributed by atoms with van der Waals surface area (Å²) >= 11 is 4.79. The van der Waals surface area contributed by atoms with E-state index in [4.69, 9.17) is 0 Å². The normalized spacial score (nSPS) is 12.0. The number of benzene rings is 1. The fourth-order valence-electron chi connectivity index (χ4n) is 1.78. The Balaban J connectivity index is 2.29. The van der Waals surface area contributed by atoms with Gasteiger partial charge in [-0.3, -0.25) is 9.36 Å². The van der Waals surface area contributed by atoms with Crippen LogP contribution in [0.25, 0.3) is 10.2 Å². The molecule has 0 saturated carbocycles. The molecule has 0 amide bonds. The number of halogens is 1. The Kier molecular flexibility index (Phi) is 3.50. The number of pyridine rings is 1. The van der Waals surface area contributed by atoms with Crippen LogP contribution in [0, 0.1) is 0 Å². The molecular formula is C14H10BrN3OS. The minimum atomic E-state index is -0.0808. The van der Waals surface area contributed by atoms with Crippen LogP contribution in [0.5, 0.6) is 0 Å². The molecular weight excluding hydrogens is 338 g/mol. The van der Waals surface area contributed by atoms with Gasteiger partial charge in [-0.25, -0.2) is 9.98 Å². The Morgan fingerprint density at radius 2 is 2.00 bits per heavy atom. The fourth-order valence-corrected chi connectivity index (χ4v) is 2.97. The molecule has 100 valence electrons. The van der Waals surface area contributed by atoms with E-state index in [1.807, 2.05) is 24.3 Å². The summed E-state index contributed by atoms with van der Waals surface area (Å²) in [5.74, 6) is 0. The maximum Gasteiger partial charge on any atom is 0.262 e. The van der Waals surface area contributed by atoms with Crippen LogP contribution in [0.2, 0.25) is 0 Å². The van der Waals surface area contributed by atoms with E-state index in [0.29, 0.717) is 15.0 Å². The zero-order valence-corrected chi connectivity index (χ0v) is 13.0. The van der Waals surface area contributed by atoms with Crippen molar-refractivity contribution in [2.75, 3.05) is 0 Å². The molecule has 0 aliphatic carbocycles. The van der Waals surface area contributed by atoms with E-state index in [1.54, 1.807) is 29.9 Å². The molecule has 0 N–H and O–H groups in total. The Labute approximate surface area is 127 Å². The van der Waals surface area contributed by atoms with Gasteiger partial charge in [-0.2, -0.15) is 0 Å². The third kappa shape index (κ3) is 2.44. The van der Waals surface area contributed by atoms with Gasteiger partial charge < -0.3 is 0 Å². The van der Waals surface area contributed by atoms with Crippen LogP contribution in [0.1, 0.15) is 0 Å². The fraction of sp³-hybridized carbons (Fsp3) is 0.0714. The number of aromatic nitrogens is 2. The lowest BCUT2D eigenvalue weighted by Gasteiger charge is -2.01. The van der Waals surface area contributed by atoms with E-state index in [0.717, 1.165) is 10.2 Å². The number of hydrogen-bond acceptors (Lipinski definition) is 4. The van der Waals surface area contributed by atoms with Gasteiger partial charge in [0.25, 0.3) is 5.56 Å². The first kappa shape index (κ1) is 13.2. The van der Waals surface area contributed by atoms with Crippen molar-refractivity contribution in [1.29, 1.82) is 0 Å². The second-order valence-electron chi connectivity index (χ2n) is 4.19. The maximum atomic E-state index is 12.3. The molecule has 0 unspecified atom stereocenters. The van der Waals surface area contributed by atoms with Crippen LogP contribution < -0.4 is 10.4 Å². The highest BCUT2D eigenvalue weighted by Gasteiger charge is 2.04. The van der Waals surface area contributed by atoms with Gasteiger partial charge in [-0.05, 0) is 36.4 Å². The average molecular weight is 348 g/mol. The average Bonchev–Trinajstić information content (AvgIpc) is 2.47. The summed E-state index contributed by atoms with van der Waals surface area (Å²) in [6.45, 7) is 0. The zero-order valence-electron chi connectivity index (χ0n) is 10.6. The zero-order chi connectivity index (χ0) is 14.1. The Morgan fingerprint density at radius 3 is 2.75 bits per heavy atom. The van der Waals surface area contributed by atoms with Crippen molar-refractivity contribution in [2.45, 2.75) is 0 Å². The van der Waals surface area contributed by atoms with E-state index >= 15 is 0 Å². The quantitative estimate of drug-likeness (QED) is 0.679. The third-order valence-electron chi connectivity index (χ3n) is 2.83. The number of hydrogen-bond donors (Lipinski definition) is 0. The molecule has 0 aliphatic heterocycles. The van der Waals surface area contributed by atoms with Crippen LogP contribution in [0.3, 0.4) is 0 Å². The molecule has 0 spiro atoms. The summed E-state index contributed by atoms with van der Waals surface area (Å²) in [6, 6.07) is 11.2. The van der Waals surface area contributed by atoms with Gasteiger partial charge in [0.2, 0.25) is 0 Å². The van der Waals surface area contributed by atoms with Crippen molar-refractivity contribution >= 4 is 43.2 Å². The van der Waals surface area contributed by atoms with E-state index < -0.39 is 0 Å². The largest absolute Gasteiger partial charge is 0.287 e. The molecule has 4 nitrogen and oxygen atoms in total.